The van der Waals surface area contributed by atoms with E-state index in [-0.39, 0.29) is 0 Å². The van der Waals surface area contributed by atoms with E-state index >= 15 is 0 Å². The summed E-state index contributed by atoms with van der Waals surface area (Å²) in [5, 5.41) is 10.6. The predicted octanol–water partition coefficient (Wildman–Crippen LogP) is 2.41. The molecule has 2 rings (SSSR count). The summed E-state index contributed by atoms with van der Waals surface area (Å²) in [5.41, 5.74) is 1.07. The van der Waals surface area contributed by atoms with Gasteiger partial charge >= 0.3 is 0 Å². The monoisotopic (exact) mass is 188 g/mol. The second-order valence-corrected chi connectivity index (χ2v) is 3.72. The third kappa shape index (κ3) is 1.33. The minimum Gasteiger partial charge on any atom is -0.507 e. The van der Waals surface area contributed by atoms with E-state index in [1.54, 1.807) is 6.07 Å². The quantitative estimate of drug-likeness (QED) is 0.683. The summed E-state index contributed by atoms with van der Waals surface area (Å²) in [6, 6.07) is 10.0. The minimum absolute atomic E-state index is 0.345. The van der Waals surface area contributed by atoms with E-state index in [2.05, 4.69) is 18.4 Å². The Morgan fingerprint density at radius 3 is 2.57 bits per heavy atom. The lowest BCUT2D eigenvalue weighted by molar-refractivity contribution is -0.691. The molecule has 72 valence electrons. The lowest BCUT2D eigenvalue weighted by atomic mass is 10.2. The summed E-state index contributed by atoms with van der Waals surface area (Å²) in [6.07, 6.45) is 1.92. The number of aromatic hydroxyl groups is 1. The van der Waals surface area contributed by atoms with Crippen LogP contribution >= 0.6 is 0 Å². The summed E-state index contributed by atoms with van der Waals surface area (Å²) < 4.78 is 2.15. The van der Waals surface area contributed by atoms with Crippen LogP contribution in [0.4, 0.5) is 0 Å². The van der Waals surface area contributed by atoms with E-state index in [1.807, 2.05) is 30.5 Å². The maximum Gasteiger partial charge on any atom is 0.216 e. The maximum atomic E-state index is 9.66. The van der Waals surface area contributed by atoms with Gasteiger partial charge in [-0.3, -0.25) is 0 Å². The van der Waals surface area contributed by atoms with Crippen molar-refractivity contribution in [3.8, 4) is 5.75 Å². The molecule has 1 aromatic heterocycles. The van der Waals surface area contributed by atoms with Gasteiger partial charge < -0.3 is 5.11 Å². The minimum atomic E-state index is 0.345. The van der Waals surface area contributed by atoms with Gasteiger partial charge in [-0.1, -0.05) is 12.1 Å². The molecule has 0 aliphatic rings. The molecule has 2 heteroatoms. The van der Waals surface area contributed by atoms with Gasteiger partial charge in [0, 0.05) is 12.1 Å². The van der Waals surface area contributed by atoms with Crippen LogP contribution < -0.4 is 4.57 Å². The Morgan fingerprint density at radius 2 is 1.86 bits per heavy atom. The average molecular weight is 188 g/mol. The van der Waals surface area contributed by atoms with Gasteiger partial charge in [0.05, 0.1) is 5.39 Å². The number of para-hydroxylation sites is 1. The first-order valence-electron chi connectivity index (χ1n) is 4.82. The standard InChI is InChI=1S/C12H13NO/c1-9(2)13-8-7-12(14)10-5-3-4-6-11(10)13/h3-9H,1-2H3/p+1. The lowest BCUT2D eigenvalue weighted by Gasteiger charge is -2.04. The van der Waals surface area contributed by atoms with Gasteiger partial charge in [-0.15, -0.1) is 0 Å². The third-order valence-corrected chi connectivity index (χ3v) is 2.41. The van der Waals surface area contributed by atoms with Gasteiger partial charge in [-0.25, -0.2) is 0 Å². The highest BCUT2D eigenvalue weighted by molar-refractivity contribution is 5.81. The molecule has 2 nitrogen and oxygen atoms in total. The average Bonchev–Trinajstić information content (AvgIpc) is 2.18. The number of aromatic nitrogens is 1. The van der Waals surface area contributed by atoms with Crippen molar-refractivity contribution in [1.29, 1.82) is 0 Å². The summed E-state index contributed by atoms with van der Waals surface area (Å²) in [6.45, 7) is 4.26. The fourth-order valence-electron chi connectivity index (χ4n) is 1.69. The van der Waals surface area contributed by atoms with Crippen LogP contribution in [0.3, 0.4) is 0 Å². The molecule has 1 heterocycles. The van der Waals surface area contributed by atoms with Crippen LogP contribution in [-0.2, 0) is 0 Å². The Balaban J connectivity index is 2.82. The normalized spacial score (nSPS) is 11.1. The topological polar surface area (TPSA) is 24.1 Å². The van der Waals surface area contributed by atoms with Gasteiger partial charge in [0.1, 0.15) is 5.75 Å². The highest BCUT2D eigenvalue weighted by Gasteiger charge is 2.13. The third-order valence-electron chi connectivity index (χ3n) is 2.41. The number of hydrogen-bond donors (Lipinski definition) is 1. The van der Waals surface area contributed by atoms with Crippen molar-refractivity contribution < 1.29 is 9.67 Å². The van der Waals surface area contributed by atoms with E-state index in [4.69, 9.17) is 0 Å². The van der Waals surface area contributed by atoms with Crippen molar-refractivity contribution in [2.75, 3.05) is 0 Å². The number of pyridine rings is 1. The van der Waals surface area contributed by atoms with Gasteiger partial charge in [0.15, 0.2) is 12.2 Å². The molecule has 0 atom stereocenters. The van der Waals surface area contributed by atoms with Gasteiger partial charge in [0.25, 0.3) is 0 Å². The van der Waals surface area contributed by atoms with Crippen molar-refractivity contribution in [2.45, 2.75) is 19.9 Å². The van der Waals surface area contributed by atoms with Crippen LogP contribution in [0.25, 0.3) is 10.9 Å². The Morgan fingerprint density at radius 1 is 1.14 bits per heavy atom. The number of hydrogen-bond acceptors (Lipinski definition) is 1. The summed E-state index contributed by atoms with van der Waals surface area (Å²) in [4.78, 5) is 0. The van der Waals surface area contributed by atoms with Crippen LogP contribution in [0.5, 0.6) is 5.75 Å². The second-order valence-electron chi connectivity index (χ2n) is 3.72. The highest BCUT2D eigenvalue weighted by atomic mass is 16.3. The van der Waals surface area contributed by atoms with Crippen LogP contribution in [0, 0.1) is 0 Å². The largest absolute Gasteiger partial charge is 0.507 e. The Kier molecular flexibility index (Phi) is 2.12. The molecule has 0 aliphatic heterocycles. The van der Waals surface area contributed by atoms with Crippen molar-refractivity contribution in [3.63, 3.8) is 0 Å². The molecule has 1 N–H and O–H groups in total. The number of nitrogens with zero attached hydrogens (tertiary/aromatic N) is 1. The van der Waals surface area contributed by atoms with Crippen molar-refractivity contribution >= 4 is 10.9 Å². The molecule has 0 unspecified atom stereocenters. The Bertz CT molecular complexity index is 463. The fraction of sp³-hybridized carbons (Fsp3) is 0.250. The van der Waals surface area contributed by atoms with Crippen LogP contribution in [0.1, 0.15) is 19.9 Å². The van der Waals surface area contributed by atoms with E-state index in [0.717, 1.165) is 10.9 Å². The first kappa shape index (κ1) is 9.00. The van der Waals surface area contributed by atoms with Crippen molar-refractivity contribution in [1.82, 2.24) is 0 Å². The zero-order valence-corrected chi connectivity index (χ0v) is 8.44. The highest BCUT2D eigenvalue weighted by Crippen LogP contribution is 2.21. The SMILES string of the molecule is CC(C)[n+]1ccc(O)c2ccccc21. The first-order chi connectivity index (χ1) is 6.70. The molecule has 1 aromatic carbocycles. The summed E-state index contributed by atoms with van der Waals surface area (Å²) in [7, 11) is 0. The molecular formula is C12H14NO+. The fourth-order valence-corrected chi connectivity index (χ4v) is 1.69. The second kappa shape index (κ2) is 3.29. The molecule has 0 radical (unpaired) electrons. The maximum absolute atomic E-state index is 9.66. The molecular weight excluding hydrogens is 174 g/mol. The Hall–Kier alpha value is -1.57. The summed E-state index contributed by atoms with van der Waals surface area (Å²) in [5.74, 6) is 0.345. The van der Waals surface area contributed by atoms with Crippen LogP contribution in [-0.4, -0.2) is 5.11 Å². The van der Waals surface area contributed by atoms with E-state index in [9.17, 15) is 5.11 Å². The molecule has 0 amide bonds. The van der Waals surface area contributed by atoms with E-state index in [1.165, 1.54) is 0 Å². The van der Waals surface area contributed by atoms with Crippen LogP contribution in [0.15, 0.2) is 36.5 Å². The smallest absolute Gasteiger partial charge is 0.216 e. The molecule has 0 fully saturated rings. The zero-order chi connectivity index (χ0) is 10.1. The number of rotatable bonds is 1. The Labute approximate surface area is 83.4 Å². The van der Waals surface area contributed by atoms with E-state index in [0.29, 0.717) is 11.8 Å². The van der Waals surface area contributed by atoms with E-state index < -0.39 is 0 Å². The molecule has 0 saturated heterocycles. The molecule has 0 bridgehead atoms. The molecule has 14 heavy (non-hydrogen) atoms. The number of fused-ring (bicyclic) bond motifs is 1. The number of benzene rings is 1. The van der Waals surface area contributed by atoms with Crippen molar-refractivity contribution in [3.05, 3.63) is 36.5 Å². The molecule has 0 saturated carbocycles. The summed E-state index contributed by atoms with van der Waals surface area (Å²) >= 11 is 0. The van der Waals surface area contributed by atoms with Crippen LogP contribution in [0.2, 0.25) is 0 Å². The molecule has 0 spiro atoms. The molecule has 0 aliphatic carbocycles. The van der Waals surface area contributed by atoms with Gasteiger partial charge in [-0.2, -0.15) is 4.57 Å². The van der Waals surface area contributed by atoms with Crippen molar-refractivity contribution in [2.24, 2.45) is 0 Å². The lowest BCUT2D eigenvalue weighted by Crippen LogP contribution is -2.36. The zero-order valence-electron chi connectivity index (χ0n) is 8.44. The molecule has 2 aromatic rings. The van der Waals surface area contributed by atoms with Gasteiger partial charge in [-0.05, 0) is 19.9 Å². The van der Waals surface area contributed by atoms with Gasteiger partial charge in [0.2, 0.25) is 5.52 Å². The first-order valence-corrected chi connectivity index (χ1v) is 4.82. The predicted molar refractivity (Wildman–Crippen MR) is 56.2 cm³/mol.